The van der Waals surface area contributed by atoms with Crippen molar-refractivity contribution in [2.45, 2.75) is 6.54 Å². The molecular weight excluding hydrogens is 200 g/mol. The average molecular weight is 212 g/mol. The van der Waals surface area contributed by atoms with Gasteiger partial charge in [-0.05, 0) is 0 Å². The molecule has 1 amide bonds. The van der Waals surface area contributed by atoms with Crippen molar-refractivity contribution in [3.8, 4) is 0 Å². The number of carbonyl (C=O) groups excluding carboxylic acids is 2. The number of ether oxygens (including phenoxy) is 1. The molecule has 0 radical (unpaired) electrons. The van der Waals surface area contributed by atoms with Crippen LogP contribution >= 0.6 is 0 Å². The molecule has 0 aromatic carbocycles. The van der Waals surface area contributed by atoms with E-state index in [1.54, 1.807) is 0 Å². The van der Waals surface area contributed by atoms with Crippen molar-refractivity contribution in [3.63, 3.8) is 0 Å². The van der Waals surface area contributed by atoms with Gasteiger partial charge < -0.3 is 15.8 Å². The number of nitrogens with one attached hydrogen (secondary N) is 1. The third kappa shape index (κ3) is 3.67. The van der Waals surface area contributed by atoms with Gasteiger partial charge >= 0.3 is 5.97 Å². The molecule has 1 heterocycles. The summed E-state index contributed by atoms with van der Waals surface area (Å²) in [6.45, 7) is -0.347. The minimum Gasteiger partial charge on any atom is -0.454 e. The highest BCUT2D eigenvalue weighted by Crippen LogP contribution is 1.97. The maximum absolute atomic E-state index is 11.1. The van der Waals surface area contributed by atoms with Gasteiger partial charge in [0.15, 0.2) is 6.61 Å². The van der Waals surface area contributed by atoms with Gasteiger partial charge in [0.25, 0.3) is 5.91 Å². The predicted molar refractivity (Wildman–Crippen MR) is 51.7 cm³/mol. The second-order valence-electron chi connectivity index (χ2n) is 2.81. The monoisotopic (exact) mass is 212 g/mol. The minimum atomic E-state index is -0.540. The average Bonchev–Trinajstić information content (AvgIpc) is 2.60. The molecule has 0 spiro atoms. The summed E-state index contributed by atoms with van der Waals surface area (Å²) in [5, 5.41) is 6.12. The lowest BCUT2D eigenvalue weighted by Gasteiger charge is -2.03. The fourth-order valence-electron chi connectivity index (χ4n) is 0.862. The Morgan fingerprint density at radius 1 is 1.67 bits per heavy atom. The van der Waals surface area contributed by atoms with Gasteiger partial charge in [0.05, 0.1) is 11.9 Å². The van der Waals surface area contributed by atoms with Crippen LogP contribution in [0, 0.1) is 0 Å². The third-order valence-corrected chi connectivity index (χ3v) is 1.59. The number of rotatable bonds is 4. The second kappa shape index (κ2) is 4.99. The standard InChI is InChI=1S/C8H12N4O3/c1-10-7(13)5-15-8(14)4-12-3-6(9)2-11-12/h2-3H,4-5,9H2,1H3,(H,10,13). The Balaban J connectivity index is 2.33. The number of nitrogens with zero attached hydrogens (tertiary/aromatic N) is 2. The molecule has 0 saturated carbocycles. The SMILES string of the molecule is CNC(=O)COC(=O)Cn1cc(N)cn1. The van der Waals surface area contributed by atoms with Crippen LogP contribution in [0.2, 0.25) is 0 Å². The molecule has 0 saturated heterocycles. The second-order valence-corrected chi connectivity index (χ2v) is 2.81. The first-order chi connectivity index (χ1) is 7.11. The van der Waals surface area contributed by atoms with Gasteiger partial charge in [-0.25, -0.2) is 0 Å². The topological polar surface area (TPSA) is 99.2 Å². The Labute approximate surface area is 86.2 Å². The van der Waals surface area contributed by atoms with Crippen LogP contribution in [-0.2, 0) is 20.9 Å². The number of likely N-dealkylation sites (N-methyl/N-ethyl adjacent to an activating group) is 1. The highest BCUT2D eigenvalue weighted by Gasteiger charge is 2.07. The highest BCUT2D eigenvalue weighted by molar-refractivity contribution is 5.80. The van der Waals surface area contributed by atoms with E-state index >= 15 is 0 Å². The number of amides is 1. The van der Waals surface area contributed by atoms with Crippen LogP contribution in [0.1, 0.15) is 0 Å². The van der Waals surface area contributed by atoms with Gasteiger partial charge in [-0.3, -0.25) is 14.3 Å². The molecule has 0 bridgehead atoms. The van der Waals surface area contributed by atoms with Crippen molar-refractivity contribution in [1.82, 2.24) is 15.1 Å². The quantitative estimate of drug-likeness (QED) is 0.608. The van der Waals surface area contributed by atoms with Crippen LogP contribution in [-0.4, -0.2) is 35.3 Å². The van der Waals surface area contributed by atoms with Crippen LogP contribution in [0.25, 0.3) is 0 Å². The first kappa shape index (κ1) is 11.0. The maximum Gasteiger partial charge on any atom is 0.328 e. The number of carbonyl (C=O) groups is 2. The molecule has 7 heteroatoms. The Bertz CT molecular complexity index is 361. The molecular formula is C8H12N4O3. The summed E-state index contributed by atoms with van der Waals surface area (Å²) in [6, 6.07) is 0. The van der Waals surface area contributed by atoms with E-state index in [9.17, 15) is 9.59 Å². The summed E-state index contributed by atoms with van der Waals surface area (Å²) in [6.07, 6.45) is 2.92. The van der Waals surface area contributed by atoms with Crippen molar-refractivity contribution in [1.29, 1.82) is 0 Å². The summed E-state index contributed by atoms with van der Waals surface area (Å²) in [5.41, 5.74) is 5.87. The molecule has 0 aliphatic heterocycles. The first-order valence-corrected chi connectivity index (χ1v) is 4.26. The van der Waals surface area contributed by atoms with Gasteiger partial charge in [0, 0.05) is 13.2 Å². The van der Waals surface area contributed by atoms with Gasteiger partial charge in [-0.1, -0.05) is 0 Å². The molecule has 1 aromatic rings. The van der Waals surface area contributed by atoms with Crippen LogP contribution in [0.15, 0.2) is 12.4 Å². The zero-order valence-electron chi connectivity index (χ0n) is 8.27. The Morgan fingerprint density at radius 3 is 2.93 bits per heavy atom. The number of nitrogens with two attached hydrogens (primary N) is 1. The van der Waals surface area contributed by atoms with E-state index in [4.69, 9.17) is 5.73 Å². The van der Waals surface area contributed by atoms with E-state index in [1.807, 2.05) is 0 Å². The molecule has 0 fully saturated rings. The van der Waals surface area contributed by atoms with Crippen molar-refractivity contribution < 1.29 is 14.3 Å². The fraction of sp³-hybridized carbons (Fsp3) is 0.375. The molecule has 0 atom stereocenters. The number of hydrogen-bond donors (Lipinski definition) is 2. The lowest BCUT2D eigenvalue weighted by molar-refractivity contribution is -0.149. The van der Waals surface area contributed by atoms with Crippen LogP contribution in [0.3, 0.4) is 0 Å². The van der Waals surface area contributed by atoms with Gasteiger partial charge in [0.2, 0.25) is 0 Å². The van der Waals surface area contributed by atoms with Crippen LogP contribution in [0.4, 0.5) is 5.69 Å². The zero-order chi connectivity index (χ0) is 11.3. The smallest absolute Gasteiger partial charge is 0.328 e. The summed E-state index contributed by atoms with van der Waals surface area (Å²) < 4.78 is 5.99. The normalized spacial score (nSPS) is 9.67. The molecule has 1 aromatic heterocycles. The lowest BCUT2D eigenvalue weighted by Crippen LogP contribution is -2.26. The lowest BCUT2D eigenvalue weighted by atomic mass is 10.6. The largest absolute Gasteiger partial charge is 0.454 e. The van der Waals surface area contributed by atoms with Crippen molar-refractivity contribution >= 4 is 17.6 Å². The number of hydrogen-bond acceptors (Lipinski definition) is 5. The Hall–Kier alpha value is -2.05. The minimum absolute atomic E-state index is 0.0613. The summed E-state index contributed by atoms with van der Waals surface area (Å²) in [5.74, 6) is -0.898. The number of anilines is 1. The maximum atomic E-state index is 11.1. The Morgan fingerprint density at radius 2 is 2.40 bits per heavy atom. The predicted octanol–water partition coefficient (Wildman–Crippen LogP) is -1.25. The van der Waals surface area contributed by atoms with E-state index in [0.717, 1.165) is 0 Å². The molecule has 0 aliphatic rings. The zero-order valence-corrected chi connectivity index (χ0v) is 8.27. The van der Waals surface area contributed by atoms with E-state index in [2.05, 4.69) is 15.2 Å². The molecule has 82 valence electrons. The fourth-order valence-corrected chi connectivity index (χ4v) is 0.862. The van der Waals surface area contributed by atoms with Crippen LogP contribution < -0.4 is 11.1 Å². The summed E-state index contributed by atoms with van der Waals surface area (Å²) in [4.78, 5) is 21.9. The number of aromatic nitrogens is 2. The van der Waals surface area contributed by atoms with E-state index in [1.165, 1.54) is 24.1 Å². The molecule has 7 nitrogen and oxygen atoms in total. The molecule has 0 aliphatic carbocycles. The third-order valence-electron chi connectivity index (χ3n) is 1.59. The van der Waals surface area contributed by atoms with Crippen molar-refractivity contribution in [2.75, 3.05) is 19.4 Å². The Kier molecular flexibility index (Phi) is 3.67. The van der Waals surface area contributed by atoms with Crippen LogP contribution in [0.5, 0.6) is 0 Å². The van der Waals surface area contributed by atoms with Crippen molar-refractivity contribution in [2.24, 2.45) is 0 Å². The van der Waals surface area contributed by atoms with Gasteiger partial charge in [-0.15, -0.1) is 0 Å². The summed E-state index contributed by atoms with van der Waals surface area (Å²) in [7, 11) is 1.46. The van der Waals surface area contributed by atoms with E-state index < -0.39 is 5.97 Å². The highest BCUT2D eigenvalue weighted by atomic mass is 16.5. The first-order valence-electron chi connectivity index (χ1n) is 4.26. The molecule has 1 rings (SSSR count). The van der Waals surface area contributed by atoms with Gasteiger partial charge in [0.1, 0.15) is 6.54 Å². The number of nitrogen functional groups attached to an aromatic ring is 1. The molecule has 0 unspecified atom stereocenters. The molecule has 3 N–H and O–H groups in total. The van der Waals surface area contributed by atoms with Crippen molar-refractivity contribution in [3.05, 3.63) is 12.4 Å². The van der Waals surface area contributed by atoms with Gasteiger partial charge in [-0.2, -0.15) is 5.10 Å². The van der Waals surface area contributed by atoms with E-state index in [0.29, 0.717) is 5.69 Å². The molecule has 15 heavy (non-hydrogen) atoms. The summed E-state index contributed by atoms with van der Waals surface area (Å²) >= 11 is 0. The van der Waals surface area contributed by atoms with E-state index in [-0.39, 0.29) is 19.1 Å². The number of esters is 1.